The fourth-order valence-electron chi connectivity index (χ4n) is 11.5. The third-order valence-electron chi connectivity index (χ3n) is 13.2. The number of allylic oxidation sites excluding steroid dienone is 1. The third-order valence-corrected chi connectivity index (χ3v) is 13.2. The maximum Gasteiger partial charge on any atom is 0.0594 e. The molecule has 5 aliphatic carbocycles. The summed E-state index contributed by atoms with van der Waals surface area (Å²) < 4.78 is 0. The Hall–Kier alpha value is -0.340. The van der Waals surface area contributed by atoms with Crippen LogP contribution in [0.5, 0.6) is 0 Å². The van der Waals surface area contributed by atoms with E-state index in [4.69, 9.17) is 0 Å². The van der Waals surface area contributed by atoms with Crippen LogP contribution in [0.3, 0.4) is 0 Å². The van der Waals surface area contributed by atoms with E-state index >= 15 is 0 Å². The number of aliphatic hydroxyl groups excluding tert-OH is 2. The smallest absolute Gasteiger partial charge is 0.0594 e. The monoisotopic (exact) mass is 442 g/mol. The highest BCUT2D eigenvalue weighted by Crippen LogP contribution is 2.76. The molecule has 0 aromatic carbocycles. The van der Waals surface area contributed by atoms with Crippen molar-refractivity contribution < 1.29 is 10.2 Å². The van der Waals surface area contributed by atoms with Crippen LogP contribution in [0, 0.1) is 57.2 Å². The van der Waals surface area contributed by atoms with Crippen molar-refractivity contribution in [1.82, 2.24) is 0 Å². The molecule has 0 amide bonds. The maximum absolute atomic E-state index is 11.0. The van der Waals surface area contributed by atoms with Gasteiger partial charge in [-0.05, 0) is 135 Å². The van der Waals surface area contributed by atoms with Crippen molar-refractivity contribution in [2.75, 3.05) is 6.61 Å². The van der Waals surface area contributed by atoms with Gasteiger partial charge in [-0.1, -0.05) is 39.8 Å². The Morgan fingerprint density at radius 1 is 0.844 bits per heavy atom. The normalized spacial score (nSPS) is 54.2. The Bertz CT molecular complexity index is 756. The second kappa shape index (κ2) is 7.58. The molecule has 2 nitrogen and oxygen atoms in total. The molecular formula is C30H50O2. The van der Waals surface area contributed by atoms with Gasteiger partial charge in [-0.3, -0.25) is 0 Å². The Kier molecular flexibility index (Phi) is 5.54. The lowest BCUT2D eigenvalue weighted by Gasteiger charge is -2.72. The molecule has 0 aromatic heterocycles. The van der Waals surface area contributed by atoms with Crippen molar-refractivity contribution in [2.45, 2.75) is 111 Å². The Morgan fingerprint density at radius 2 is 1.56 bits per heavy atom. The summed E-state index contributed by atoms with van der Waals surface area (Å²) in [5, 5.41) is 21.3. The van der Waals surface area contributed by atoms with E-state index in [2.05, 4.69) is 41.2 Å². The summed E-state index contributed by atoms with van der Waals surface area (Å²) in [7, 11) is 0. The van der Waals surface area contributed by atoms with Gasteiger partial charge in [0.15, 0.2) is 0 Å². The second-order valence-corrected chi connectivity index (χ2v) is 14.2. The van der Waals surface area contributed by atoms with Crippen molar-refractivity contribution >= 4 is 0 Å². The first kappa shape index (κ1) is 23.4. The standard InChI is InChI=1S/C30H50O2/c1-19(2)21-8-7-20-11-14-28(5)22(26(20)21)9-10-24-29(28,6)15-12-23-27(3,4)25(32)13-16-30(23,24)17-18-31/h20-26,31-32H,1,7-18H2,2-6H3. The van der Waals surface area contributed by atoms with Gasteiger partial charge in [-0.25, -0.2) is 0 Å². The molecule has 2 heteroatoms. The zero-order valence-electron chi connectivity index (χ0n) is 21.6. The van der Waals surface area contributed by atoms with Crippen LogP contribution in [0.2, 0.25) is 0 Å². The van der Waals surface area contributed by atoms with E-state index in [0.717, 1.165) is 42.9 Å². The third kappa shape index (κ3) is 2.84. The van der Waals surface area contributed by atoms with Gasteiger partial charge in [0, 0.05) is 6.61 Å². The van der Waals surface area contributed by atoms with Gasteiger partial charge in [-0.2, -0.15) is 0 Å². The zero-order chi connectivity index (χ0) is 23.1. The van der Waals surface area contributed by atoms with Crippen LogP contribution in [0.4, 0.5) is 0 Å². The number of hydrogen-bond acceptors (Lipinski definition) is 2. The summed E-state index contributed by atoms with van der Waals surface area (Å²) in [5.41, 5.74) is 2.37. The molecular weight excluding hydrogens is 392 g/mol. The SMILES string of the molecule is C=C(C)C1CCC2CCC3(C)C(CCC4C5(CCO)CCC(O)C(C)(C)C5CCC43C)C21. The molecule has 5 rings (SSSR count). The lowest BCUT2D eigenvalue weighted by molar-refractivity contribution is -0.249. The summed E-state index contributed by atoms with van der Waals surface area (Å²) in [6.45, 7) is 17.1. The molecule has 0 spiro atoms. The molecule has 0 radical (unpaired) electrons. The Morgan fingerprint density at radius 3 is 2.25 bits per heavy atom. The molecule has 5 saturated carbocycles. The molecule has 10 unspecified atom stereocenters. The summed E-state index contributed by atoms with van der Waals surface area (Å²) in [4.78, 5) is 0. The highest BCUT2D eigenvalue weighted by molar-refractivity contribution is 5.20. The largest absolute Gasteiger partial charge is 0.396 e. The first-order valence-electron chi connectivity index (χ1n) is 14.0. The maximum atomic E-state index is 11.0. The molecule has 5 fully saturated rings. The fourth-order valence-corrected chi connectivity index (χ4v) is 11.5. The van der Waals surface area contributed by atoms with Crippen molar-refractivity contribution in [2.24, 2.45) is 57.2 Å². The van der Waals surface area contributed by atoms with Gasteiger partial charge < -0.3 is 10.2 Å². The minimum Gasteiger partial charge on any atom is -0.396 e. The van der Waals surface area contributed by atoms with Crippen molar-refractivity contribution in [3.8, 4) is 0 Å². The molecule has 2 N–H and O–H groups in total. The average molecular weight is 443 g/mol. The number of fused-ring (bicyclic) bond motifs is 7. The number of aliphatic hydroxyl groups is 2. The molecule has 0 saturated heterocycles. The molecule has 0 aliphatic heterocycles. The minimum absolute atomic E-state index is 0.0410. The minimum atomic E-state index is -0.194. The lowest BCUT2D eigenvalue weighted by Crippen LogP contribution is -2.66. The highest BCUT2D eigenvalue weighted by Gasteiger charge is 2.69. The van der Waals surface area contributed by atoms with Crippen molar-refractivity contribution in [3.05, 3.63) is 12.2 Å². The number of hydrogen-bond donors (Lipinski definition) is 2. The lowest BCUT2D eigenvalue weighted by atomic mass is 9.32. The fraction of sp³-hybridized carbons (Fsp3) is 0.933. The highest BCUT2D eigenvalue weighted by atomic mass is 16.3. The van der Waals surface area contributed by atoms with E-state index in [1.807, 2.05) is 0 Å². The second-order valence-electron chi connectivity index (χ2n) is 14.2. The van der Waals surface area contributed by atoms with Crippen molar-refractivity contribution in [1.29, 1.82) is 0 Å². The van der Waals surface area contributed by atoms with Crippen LogP contribution in [-0.2, 0) is 0 Å². The molecule has 182 valence electrons. The molecule has 5 aliphatic rings. The molecule has 10 atom stereocenters. The summed E-state index contributed by atoms with van der Waals surface area (Å²) in [6, 6.07) is 0. The van der Waals surface area contributed by atoms with E-state index < -0.39 is 0 Å². The van der Waals surface area contributed by atoms with Crippen LogP contribution in [0.25, 0.3) is 0 Å². The van der Waals surface area contributed by atoms with Crippen LogP contribution >= 0.6 is 0 Å². The topological polar surface area (TPSA) is 40.5 Å². The van der Waals surface area contributed by atoms with Crippen LogP contribution < -0.4 is 0 Å². The van der Waals surface area contributed by atoms with E-state index in [1.165, 1.54) is 56.9 Å². The molecule has 0 aromatic rings. The van der Waals surface area contributed by atoms with Crippen molar-refractivity contribution in [3.63, 3.8) is 0 Å². The molecule has 0 bridgehead atoms. The van der Waals surface area contributed by atoms with Gasteiger partial charge in [-0.15, -0.1) is 0 Å². The zero-order valence-corrected chi connectivity index (χ0v) is 21.6. The van der Waals surface area contributed by atoms with Crippen LogP contribution in [0.15, 0.2) is 12.2 Å². The first-order chi connectivity index (χ1) is 15.0. The van der Waals surface area contributed by atoms with Crippen LogP contribution in [0.1, 0.15) is 105 Å². The number of rotatable bonds is 3. The van der Waals surface area contributed by atoms with Gasteiger partial charge in [0.1, 0.15) is 0 Å². The molecule has 0 heterocycles. The Balaban J connectivity index is 1.55. The van der Waals surface area contributed by atoms with E-state index in [-0.39, 0.29) is 16.9 Å². The Labute approximate surface area is 197 Å². The van der Waals surface area contributed by atoms with Gasteiger partial charge in [0.25, 0.3) is 0 Å². The quantitative estimate of drug-likeness (QED) is 0.462. The van der Waals surface area contributed by atoms with Crippen LogP contribution in [-0.4, -0.2) is 22.9 Å². The van der Waals surface area contributed by atoms with E-state index in [0.29, 0.717) is 29.3 Å². The summed E-state index contributed by atoms with van der Waals surface area (Å²) >= 11 is 0. The first-order valence-corrected chi connectivity index (χ1v) is 14.0. The van der Waals surface area contributed by atoms with E-state index in [1.54, 1.807) is 0 Å². The average Bonchev–Trinajstić information content (AvgIpc) is 3.16. The van der Waals surface area contributed by atoms with E-state index in [9.17, 15) is 10.2 Å². The molecule has 32 heavy (non-hydrogen) atoms. The summed E-state index contributed by atoms with van der Waals surface area (Å²) in [6.07, 6.45) is 13.7. The summed E-state index contributed by atoms with van der Waals surface area (Å²) in [5.74, 6) is 4.61. The predicted molar refractivity (Wildman–Crippen MR) is 132 cm³/mol. The predicted octanol–water partition coefficient (Wildman–Crippen LogP) is 7.00. The van der Waals surface area contributed by atoms with Gasteiger partial charge in [0.2, 0.25) is 0 Å². The van der Waals surface area contributed by atoms with Gasteiger partial charge in [0.05, 0.1) is 6.10 Å². The van der Waals surface area contributed by atoms with Gasteiger partial charge >= 0.3 is 0 Å².